The van der Waals surface area contributed by atoms with Crippen molar-refractivity contribution >= 4 is 44.4 Å². The second-order valence-corrected chi connectivity index (χ2v) is 10.5. The van der Waals surface area contributed by atoms with Gasteiger partial charge in [-0.15, -0.1) is 0 Å². The first-order chi connectivity index (χ1) is 15.4. The molecule has 0 radical (unpaired) electrons. The number of thioether (sulfide) groups is 1. The van der Waals surface area contributed by atoms with Gasteiger partial charge in [0.25, 0.3) is 0 Å². The van der Waals surface area contributed by atoms with E-state index in [0.717, 1.165) is 34.0 Å². The molecule has 2 heterocycles. The van der Waals surface area contributed by atoms with Crippen LogP contribution in [0.15, 0.2) is 52.5 Å². The molecule has 1 aliphatic rings. The zero-order chi connectivity index (χ0) is 22.9. The van der Waals surface area contributed by atoms with Crippen LogP contribution in [0.4, 0.5) is 5.69 Å². The number of carbonyl (C=O) groups excluding carboxylic acids is 1. The average molecular weight is 473 g/mol. The van der Waals surface area contributed by atoms with Crippen molar-refractivity contribution in [3.63, 3.8) is 0 Å². The van der Waals surface area contributed by atoms with Gasteiger partial charge in [0.15, 0.2) is 5.16 Å². The van der Waals surface area contributed by atoms with Crippen molar-refractivity contribution < 1.29 is 13.2 Å². The first kappa shape index (κ1) is 22.8. The molecule has 0 spiro atoms. The van der Waals surface area contributed by atoms with Gasteiger partial charge in [-0.25, -0.2) is 13.4 Å². The number of hydrogen-bond acceptors (Lipinski definition) is 5. The molecule has 1 amide bonds. The predicted octanol–water partition coefficient (Wildman–Crippen LogP) is 3.77. The maximum absolute atomic E-state index is 13.0. The van der Waals surface area contributed by atoms with Crippen molar-refractivity contribution in [2.75, 3.05) is 30.3 Å². The van der Waals surface area contributed by atoms with Crippen LogP contribution in [0.25, 0.3) is 11.0 Å². The molecule has 0 fully saturated rings. The molecule has 170 valence electrons. The quantitative estimate of drug-likeness (QED) is 0.467. The molecule has 0 atom stereocenters. The number of nitrogens with zero attached hydrogens (tertiary/aromatic N) is 4. The van der Waals surface area contributed by atoms with Crippen LogP contribution in [0, 0.1) is 0 Å². The van der Waals surface area contributed by atoms with E-state index in [4.69, 9.17) is 0 Å². The minimum Gasteiger partial charge on any atom is -0.319 e. The first-order valence-corrected chi connectivity index (χ1v) is 13.3. The summed E-state index contributed by atoms with van der Waals surface area (Å²) in [6.45, 7) is 7.95. The molecular weight excluding hydrogens is 444 g/mol. The van der Waals surface area contributed by atoms with Gasteiger partial charge in [-0.2, -0.15) is 4.31 Å². The number of anilines is 1. The number of aromatic nitrogens is 2. The highest BCUT2D eigenvalue weighted by atomic mass is 32.2. The average Bonchev–Trinajstić information content (AvgIpc) is 3.38. The first-order valence-electron chi connectivity index (χ1n) is 10.9. The van der Waals surface area contributed by atoms with E-state index in [2.05, 4.69) is 16.5 Å². The van der Waals surface area contributed by atoms with Gasteiger partial charge >= 0.3 is 0 Å². The monoisotopic (exact) mass is 472 g/mol. The molecule has 0 bridgehead atoms. The molecule has 0 unspecified atom stereocenters. The van der Waals surface area contributed by atoms with Gasteiger partial charge in [-0.05, 0) is 49.2 Å². The smallest absolute Gasteiger partial charge is 0.243 e. The van der Waals surface area contributed by atoms with Crippen LogP contribution in [0.5, 0.6) is 0 Å². The highest BCUT2D eigenvalue weighted by Gasteiger charge is 2.28. The molecule has 7 nitrogen and oxygen atoms in total. The number of carbonyl (C=O) groups is 1. The van der Waals surface area contributed by atoms with Crippen molar-refractivity contribution in [3.05, 3.63) is 48.0 Å². The van der Waals surface area contributed by atoms with E-state index in [9.17, 15) is 13.2 Å². The lowest BCUT2D eigenvalue weighted by molar-refractivity contribution is -0.116. The summed E-state index contributed by atoms with van der Waals surface area (Å²) in [7, 11) is -3.51. The lowest BCUT2D eigenvalue weighted by Crippen LogP contribution is -2.31. The van der Waals surface area contributed by atoms with Gasteiger partial charge in [-0.1, -0.05) is 37.7 Å². The number of aryl methyl sites for hydroxylation is 1. The van der Waals surface area contributed by atoms with E-state index in [-0.39, 0.29) is 11.7 Å². The van der Waals surface area contributed by atoms with Crippen LogP contribution < -0.4 is 4.90 Å². The van der Waals surface area contributed by atoms with Gasteiger partial charge < -0.3 is 9.47 Å². The summed E-state index contributed by atoms with van der Waals surface area (Å²) in [6, 6.07) is 13.1. The molecule has 0 saturated heterocycles. The van der Waals surface area contributed by atoms with Crippen LogP contribution in [-0.4, -0.2) is 53.6 Å². The van der Waals surface area contributed by atoms with E-state index >= 15 is 0 Å². The summed E-state index contributed by atoms with van der Waals surface area (Å²) in [4.78, 5) is 19.8. The van der Waals surface area contributed by atoms with Crippen LogP contribution >= 0.6 is 11.8 Å². The number of rotatable bonds is 8. The fourth-order valence-corrected chi connectivity index (χ4v) is 6.65. The molecule has 0 saturated carbocycles. The van der Waals surface area contributed by atoms with Crippen molar-refractivity contribution in [2.24, 2.45) is 0 Å². The second-order valence-electron chi connectivity index (χ2n) is 7.59. The lowest BCUT2D eigenvalue weighted by Gasteiger charge is -2.20. The molecule has 0 N–H and O–H groups in total. The number of hydrogen-bond donors (Lipinski definition) is 0. The summed E-state index contributed by atoms with van der Waals surface area (Å²) in [5.41, 5.74) is 3.70. The van der Waals surface area contributed by atoms with Gasteiger partial charge in [0.05, 0.1) is 21.7 Å². The fourth-order valence-electron chi connectivity index (χ4n) is 4.18. The normalized spacial score (nSPS) is 13.8. The van der Waals surface area contributed by atoms with Gasteiger partial charge in [0.2, 0.25) is 15.9 Å². The van der Waals surface area contributed by atoms with Crippen LogP contribution in [0.2, 0.25) is 0 Å². The minimum absolute atomic E-state index is 0.00260. The topological polar surface area (TPSA) is 75.5 Å². The zero-order valence-corrected chi connectivity index (χ0v) is 20.2. The Morgan fingerprint density at radius 3 is 2.59 bits per heavy atom. The Labute approximate surface area is 193 Å². The lowest BCUT2D eigenvalue weighted by atomic mass is 10.2. The van der Waals surface area contributed by atoms with E-state index < -0.39 is 10.0 Å². The van der Waals surface area contributed by atoms with Crippen molar-refractivity contribution in [3.8, 4) is 0 Å². The van der Waals surface area contributed by atoms with Gasteiger partial charge in [-0.3, -0.25) is 4.79 Å². The molecule has 1 aliphatic heterocycles. The third-order valence-corrected chi connectivity index (χ3v) is 8.86. The van der Waals surface area contributed by atoms with E-state index in [1.165, 1.54) is 16.1 Å². The standard InChI is InChI=1S/C23H28N4O3S2/c1-4-25(5-2)32(29,30)18-11-12-20-17(15-18)13-14-27(20)22(28)16-31-23-24-19-9-7-8-10-21(19)26(23)6-3/h7-12,15H,4-6,13-14,16H2,1-3H3. The molecule has 9 heteroatoms. The number of benzene rings is 2. The number of amides is 1. The highest BCUT2D eigenvalue weighted by Crippen LogP contribution is 2.32. The summed E-state index contributed by atoms with van der Waals surface area (Å²) in [5, 5.41) is 0.835. The number of fused-ring (bicyclic) bond motifs is 2. The fraction of sp³-hybridized carbons (Fsp3) is 0.391. The maximum Gasteiger partial charge on any atom is 0.243 e. The Morgan fingerprint density at radius 2 is 1.88 bits per heavy atom. The number of para-hydroxylation sites is 2. The van der Waals surface area contributed by atoms with Crippen molar-refractivity contribution in [1.82, 2.24) is 13.9 Å². The summed E-state index contributed by atoms with van der Waals surface area (Å²) < 4.78 is 29.2. The number of imidazole rings is 1. The maximum atomic E-state index is 13.0. The molecule has 1 aromatic heterocycles. The Hall–Kier alpha value is -2.36. The van der Waals surface area contributed by atoms with Crippen molar-refractivity contribution in [2.45, 2.75) is 43.8 Å². The van der Waals surface area contributed by atoms with Crippen LogP contribution in [0.1, 0.15) is 26.3 Å². The SMILES string of the molecule is CCN(CC)S(=O)(=O)c1ccc2c(c1)CCN2C(=O)CSc1nc2ccccc2n1CC. The summed E-state index contributed by atoms with van der Waals surface area (Å²) in [5.74, 6) is 0.283. The Bertz CT molecular complexity index is 1250. The van der Waals surface area contributed by atoms with Crippen LogP contribution in [0.3, 0.4) is 0 Å². The Morgan fingerprint density at radius 1 is 1.12 bits per heavy atom. The van der Waals surface area contributed by atoms with E-state index in [0.29, 0.717) is 31.0 Å². The van der Waals surface area contributed by atoms with Gasteiger partial charge in [0, 0.05) is 31.9 Å². The summed E-state index contributed by atoms with van der Waals surface area (Å²) in [6.07, 6.45) is 0.654. The predicted molar refractivity (Wildman–Crippen MR) is 129 cm³/mol. The van der Waals surface area contributed by atoms with Gasteiger partial charge in [0.1, 0.15) is 0 Å². The third-order valence-electron chi connectivity index (χ3n) is 5.85. The zero-order valence-electron chi connectivity index (χ0n) is 18.6. The van der Waals surface area contributed by atoms with Crippen molar-refractivity contribution in [1.29, 1.82) is 0 Å². The summed E-state index contributed by atoms with van der Waals surface area (Å²) >= 11 is 1.44. The Kier molecular flexibility index (Phi) is 6.60. The van der Waals surface area contributed by atoms with E-state index in [1.54, 1.807) is 23.1 Å². The molecule has 32 heavy (non-hydrogen) atoms. The number of sulfonamides is 1. The minimum atomic E-state index is -3.51. The molecular formula is C23H28N4O3S2. The molecule has 0 aliphatic carbocycles. The second kappa shape index (κ2) is 9.25. The molecule has 3 aromatic rings. The largest absolute Gasteiger partial charge is 0.319 e. The van der Waals surface area contributed by atoms with E-state index in [1.807, 2.05) is 38.1 Å². The Balaban J connectivity index is 1.51. The molecule has 2 aromatic carbocycles. The molecule has 4 rings (SSSR count). The highest BCUT2D eigenvalue weighted by molar-refractivity contribution is 7.99. The van der Waals surface area contributed by atoms with Crippen LogP contribution in [-0.2, 0) is 27.8 Å². The third kappa shape index (κ3) is 4.04.